The Hall–Kier alpha value is -2.25. The van der Waals surface area contributed by atoms with E-state index in [2.05, 4.69) is 46.0 Å². The van der Waals surface area contributed by atoms with E-state index in [1.54, 1.807) is 6.07 Å². The van der Waals surface area contributed by atoms with E-state index in [1.807, 2.05) is 0 Å². The number of nitrogens with zero attached hydrogens (tertiary/aromatic N) is 2. The van der Waals surface area contributed by atoms with Crippen molar-refractivity contribution in [2.24, 2.45) is 5.73 Å². The van der Waals surface area contributed by atoms with Crippen LogP contribution in [0.15, 0.2) is 29.1 Å². The number of nitrogens with two attached hydrogens (primary N) is 1. The number of phenolic OH excluding ortho intramolecular Hbond substituents is 1. The van der Waals surface area contributed by atoms with Crippen molar-refractivity contribution in [1.82, 2.24) is 14.7 Å². The third kappa shape index (κ3) is 3.57. The second-order valence-electron chi connectivity index (χ2n) is 7.13. The van der Waals surface area contributed by atoms with E-state index in [4.69, 9.17) is 5.73 Å². The van der Waals surface area contributed by atoms with Gasteiger partial charge in [-0.1, -0.05) is 0 Å². The number of H-pyrrole nitrogens is 1. The van der Waals surface area contributed by atoms with E-state index < -0.39 is 0 Å². The first-order valence-corrected chi connectivity index (χ1v) is 11.8. The monoisotopic (exact) mass is 461 g/mol. The summed E-state index contributed by atoms with van der Waals surface area (Å²) in [5.41, 5.74) is 8.61. The molecule has 29 heavy (non-hydrogen) atoms. The molecule has 8 heteroatoms. The molecule has 0 radical (unpaired) electrons. The number of nitrogens with one attached hydrogen (secondary N) is 2. The summed E-state index contributed by atoms with van der Waals surface area (Å²) in [7, 11) is 0. The zero-order valence-electron chi connectivity index (χ0n) is 16.8. The number of hydrogen-bond acceptors (Lipinski definition) is 5. The third-order valence-electron chi connectivity index (χ3n) is 5.43. The summed E-state index contributed by atoms with van der Waals surface area (Å²) in [5, 5.41) is 19.4. The molecular weight excluding hydrogens is 433 g/mol. The van der Waals surface area contributed by atoms with Gasteiger partial charge in [-0.25, -0.2) is 0 Å². The van der Waals surface area contributed by atoms with Crippen molar-refractivity contribution in [3.8, 4) is 5.75 Å². The van der Waals surface area contributed by atoms with Gasteiger partial charge in [-0.2, -0.15) is 0 Å². The van der Waals surface area contributed by atoms with Crippen LogP contribution in [0, 0.1) is 0 Å². The Morgan fingerprint density at radius 3 is 2.76 bits per heavy atom. The molecule has 2 aromatic heterocycles. The fourth-order valence-electron chi connectivity index (χ4n) is 3.90. The Balaban J connectivity index is 1.97. The third-order valence-corrected chi connectivity index (χ3v) is 7.89. The standard InChI is InChI=1S/C21H27N5O2Se/c1-3-25(4-2)9-10-26-15-6-5-14(23-8-7-22)21-18(15)20(24-26)19-16(28)11-13(27)12-17(19)29-21/h5-6,11-12,23-24,28H,3-4,7-10,22H2,1-2H3. The van der Waals surface area contributed by atoms with E-state index >= 15 is 0 Å². The van der Waals surface area contributed by atoms with Gasteiger partial charge in [0.1, 0.15) is 0 Å². The summed E-state index contributed by atoms with van der Waals surface area (Å²) in [6.45, 7) is 9.39. The average molecular weight is 460 g/mol. The quantitative estimate of drug-likeness (QED) is 0.239. The molecule has 5 N–H and O–H groups in total. The number of aromatic amines is 1. The van der Waals surface area contributed by atoms with Crippen LogP contribution < -0.4 is 16.5 Å². The van der Waals surface area contributed by atoms with Gasteiger partial charge in [-0.15, -0.1) is 0 Å². The second kappa shape index (κ2) is 8.24. The molecule has 0 aliphatic carbocycles. The molecule has 0 atom stereocenters. The summed E-state index contributed by atoms with van der Waals surface area (Å²) in [6, 6.07) is 7.19. The number of benzene rings is 2. The topological polar surface area (TPSA) is 99.3 Å². The van der Waals surface area contributed by atoms with Gasteiger partial charge in [0.15, 0.2) is 0 Å². The van der Waals surface area contributed by atoms with Gasteiger partial charge < -0.3 is 0 Å². The normalized spacial score (nSPS) is 12.0. The van der Waals surface area contributed by atoms with Gasteiger partial charge in [0, 0.05) is 0 Å². The van der Waals surface area contributed by atoms with Gasteiger partial charge in [0.25, 0.3) is 0 Å². The van der Waals surface area contributed by atoms with Crippen LogP contribution in [-0.2, 0) is 6.54 Å². The fraction of sp³-hybridized carbons (Fsp3) is 0.381. The number of phenols is 1. The molecule has 154 valence electrons. The van der Waals surface area contributed by atoms with Crippen LogP contribution >= 0.6 is 0 Å². The van der Waals surface area contributed by atoms with Gasteiger partial charge in [0.05, 0.1) is 0 Å². The van der Waals surface area contributed by atoms with Crippen molar-refractivity contribution in [3.63, 3.8) is 0 Å². The first-order valence-electron chi connectivity index (χ1n) is 10.0. The Bertz CT molecular complexity index is 1220. The van der Waals surface area contributed by atoms with Gasteiger partial charge in [0.2, 0.25) is 0 Å². The molecule has 0 saturated carbocycles. The van der Waals surface area contributed by atoms with E-state index in [0.717, 1.165) is 57.9 Å². The number of aromatic nitrogens is 2. The van der Waals surface area contributed by atoms with Gasteiger partial charge in [-0.3, -0.25) is 0 Å². The number of likely N-dealkylation sites (N-methyl/N-ethyl adjacent to an activating group) is 1. The summed E-state index contributed by atoms with van der Waals surface area (Å²) in [5.74, 6) is 0.0550. The molecule has 2 aromatic carbocycles. The predicted molar refractivity (Wildman–Crippen MR) is 122 cm³/mol. The molecule has 0 aliphatic rings. The number of aromatic hydroxyl groups is 1. The number of hydrogen-bond donors (Lipinski definition) is 4. The average Bonchev–Trinajstić information content (AvgIpc) is 3.07. The Labute approximate surface area is 174 Å². The molecular formula is C21H27N5O2Se. The molecule has 0 unspecified atom stereocenters. The molecule has 4 aromatic rings. The van der Waals surface area contributed by atoms with E-state index in [-0.39, 0.29) is 25.7 Å². The van der Waals surface area contributed by atoms with E-state index in [1.165, 1.54) is 10.3 Å². The molecule has 0 amide bonds. The van der Waals surface area contributed by atoms with Crippen molar-refractivity contribution in [3.05, 3.63) is 34.5 Å². The van der Waals surface area contributed by atoms with Crippen LogP contribution in [-0.4, -0.2) is 67.0 Å². The van der Waals surface area contributed by atoms with Crippen molar-refractivity contribution in [2.75, 3.05) is 38.0 Å². The molecule has 0 bridgehead atoms. The van der Waals surface area contributed by atoms with Crippen LogP contribution in [0.4, 0.5) is 5.69 Å². The van der Waals surface area contributed by atoms with Crippen LogP contribution in [0.2, 0.25) is 0 Å². The molecule has 0 spiro atoms. The van der Waals surface area contributed by atoms with Gasteiger partial charge in [-0.05, 0) is 0 Å². The van der Waals surface area contributed by atoms with Crippen molar-refractivity contribution < 1.29 is 5.11 Å². The maximum absolute atomic E-state index is 12.0. The van der Waals surface area contributed by atoms with Crippen molar-refractivity contribution >= 4 is 50.5 Å². The van der Waals surface area contributed by atoms with E-state index in [9.17, 15) is 9.90 Å². The molecule has 0 saturated heterocycles. The number of rotatable bonds is 8. The first-order chi connectivity index (χ1) is 14.1. The zero-order chi connectivity index (χ0) is 20.5. The SMILES string of the molecule is CCN(CC)CCn1[nH]c2c3c(O)cc(=O)cc3[se]c3c(NCCN)ccc1c32. The van der Waals surface area contributed by atoms with Crippen LogP contribution in [0.3, 0.4) is 0 Å². The molecule has 2 heterocycles. The Kier molecular flexibility index (Phi) is 5.69. The van der Waals surface area contributed by atoms with Crippen LogP contribution in [0.1, 0.15) is 13.8 Å². The predicted octanol–water partition coefficient (Wildman–Crippen LogP) is 2.11. The second-order valence-corrected chi connectivity index (χ2v) is 9.34. The Morgan fingerprint density at radius 1 is 1.24 bits per heavy atom. The minimum atomic E-state index is -0.156. The number of fused-ring (bicyclic) bond motifs is 2. The minimum absolute atomic E-state index is 0.0550. The zero-order valence-corrected chi connectivity index (χ0v) is 18.5. The molecule has 4 rings (SSSR count). The van der Waals surface area contributed by atoms with Crippen LogP contribution in [0.5, 0.6) is 5.75 Å². The van der Waals surface area contributed by atoms with Crippen LogP contribution in [0.25, 0.3) is 30.3 Å². The Morgan fingerprint density at radius 2 is 2.03 bits per heavy atom. The van der Waals surface area contributed by atoms with E-state index in [0.29, 0.717) is 13.1 Å². The summed E-state index contributed by atoms with van der Waals surface area (Å²) in [6.07, 6.45) is 0. The molecule has 7 nitrogen and oxygen atoms in total. The maximum atomic E-state index is 12.0. The summed E-state index contributed by atoms with van der Waals surface area (Å²) < 4.78 is 4.28. The summed E-state index contributed by atoms with van der Waals surface area (Å²) >= 11 is -0.0877. The first kappa shape index (κ1) is 20.0. The molecule has 0 fully saturated rings. The summed E-state index contributed by atoms with van der Waals surface area (Å²) in [4.78, 5) is 14.4. The number of anilines is 1. The molecule has 0 aliphatic heterocycles. The van der Waals surface area contributed by atoms with Crippen molar-refractivity contribution in [2.45, 2.75) is 20.4 Å². The fourth-order valence-corrected chi connectivity index (χ4v) is 6.55. The van der Waals surface area contributed by atoms with Crippen molar-refractivity contribution in [1.29, 1.82) is 0 Å². The van der Waals surface area contributed by atoms with Gasteiger partial charge >= 0.3 is 175 Å².